The van der Waals surface area contributed by atoms with Gasteiger partial charge >= 0.3 is 5.97 Å². The predicted octanol–water partition coefficient (Wildman–Crippen LogP) is 3.34. The van der Waals surface area contributed by atoms with Gasteiger partial charge in [0.2, 0.25) is 10.0 Å². The number of sulfonamides is 1. The van der Waals surface area contributed by atoms with E-state index in [2.05, 4.69) is 52.9 Å². The van der Waals surface area contributed by atoms with E-state index in [4.69, 9.17) is 5.11 Å². The molecule has 0 unspecified atom stereocenters. The fourth-order valence-electron chi connectivity index (χ4n) is 3.23. The molecule has 0 saturated heterocycles. The van der Waals surface area contributed by atoms with Crippen molar-refractivity contribution in [3.8, 4) is 0 Å². The maximum Gasteiger partial charge on any atom is 0.322 e. The van der Waals surface area contributed by atoms with Gasteiger partial charge in [0.25, 0.3) is 0 Å². The average Bonchev–Trinajstić information content (AvgIpc) is 2.77. The predicted molar refractivity (Wildman–Crippen MR) is 127 cm³/mol. The van der Waals surface area contributed by atoms with Gasteiger partial charge in [0.15, 0.2) is 0 Å². The summed E-state index contributed by atoms with van der Waals surface area (Å²) >= 11 is 0. The van der Waals surface area contributed by atoms with E-state index in [-0.39, 0.29) is 23.4 Å². The number of pyridine rings is 2. The van der Waals surface area contributed by atoms with Crippen molar-refractivity contribution in [2.45, 2.75) is 44.0 Å². The summed E-state index contributed by atoms with van der Waals surface area (Å²) in [5, 5.41) is 11.4. The van der Waals surface area contributed by atoms with Gasteiger partial charge in [-0.2, -0.15) is 0 Å². The maximum atomic E-state index is 13.1. The van der Waals surface area contributed by atoms with Crippen LogP contribution < -0.4 is 10.0 Å². The first kappa shape index (κ1) is 24.3. The monoisotopic (exact) mass is 468 g/mol. The number of carboxylic acid groups (broad SMARTS) is 1. The largest absolute Gasteiger partial charge is 0.480 e. The SMILES string of the molecule is CC(C)(C)c1cccc(Cc2ncccc2S(=O)(=O)NCc2cccc(NCC(=O)O)n2)c1. The Morgan fingerprint density at radius 1 is 1.06 bits per heavy atom. The quantitative estimate of drug-likeness (QED) is 0.440. The number of hydrogen-bond donors (Lipinski definition) is 3. The molecule has 33 heavy (non-hydrogen) atoms. The van der Waals surface area contributed by atoms with Crippen LogP contribution in [0.2, 0.25) is 0 Å². The zero-order valence-electron chi connectivity index (χ0n) is 18.9. The minimum absolute atomic E-state index is 0.0164. The molecule has 0 aliphatic carbocycles. The average molecular weight is 469 g/mol. The Labute approximate surface area is 194 Å². The normalized spacial score (nSPS) is 11.8. The minimum atomic E-state index is -3.85. The van der Waals surface area contributed by atoms with Crippen molar-refractivity contribution in [3.63, 3.8) is 0 Å². The number of nitrogens with one attached hydrogen (secondary N) is 2. The summed E-state index contributed by atoms with van der Waals surface area (Å²) in [6.45, 7) is 6.07. The first-order chi connectivity index (χ1) is 15.5. The molecular weight excluding hydrogens is 440 g/mol. The molecule has 3 aromatic rings. The second-order valence-corrected chi connectivity index (χ2v) is 10.4. The lowest BCUT2D eigenvalue weighted by molar-refractivity contribution is -0.134. The maximum absolute atomic E-state index is 13.1. The molecular formula is C24H28N4O4S. The lowest BCUT2D eigenvalue weighted by atomic mass is 9.86. The van der Waals surface area contributed by atoms with Crippen molar-refractivity contribution >= 4 is 21.8 Å². The minimum Gasteiger partial charge on any atom is -0.480 e. The van der Waals surface area contributed by atoms with Gasteiger partial charge in [-0.05, 0) is 40.8 Å². The molecule has 0 radical (unpaired) electrons. The van der Waals surface area contributed by atoms with Crippen LogP contribution in [0.5, 0.6) is 0 Å². The molecule has 0 saturated carbocycles. The van der Waals surface area contributed by atoms with Crippen molar-refractivity contribution in [1.29, 1.82) is 0 Å². The topological polar surface area (TPSA) is 121 Å². The number of nitrogens with zero attached hydrogens (tertiary/aromatic N) is 2. The molecule has 174 valence electrons. The van der Waals surface area contributed by atoms with Gasteiger partial charge in [0.05, 0.1) is 17.9 Å². The number of hydrogen-bond acceptors (Lipinski definition) is 6. The standard InChI is InChI=1S/C24H28N4O4S/c1-24(2,3)18-8-4-7-17(13-18)14-20-21(10-6-12-25-20)33(31,32)27-15-19-9-5-11-22(28-19)26-16-23(29)30/h4-13,27H,14-16H2,1-3H3,(H,26,28)(H,29,30). The van der Waals surface area contributed by atoms with Crippen LogP contribution in [0.25, 0.3) is 0 Å². The number of rotatable bonds is 9. The lowest BCUT2D eigenvalue weighted by Crippen LogP contribution is -2.25. The Morgan fingerprint density at radius 2 is 1.82 bits per heavy atom. The Kier molecular flexibility index (Phi) is 7.45. The lowest BCUT2D eigenvalue weighted by Gasteiger charge is -2.20. The first-order valence-electron chi connectivity index (χ1n) is 10.5. The van der Waals surface area contributed by atoms with E-state index in [0.29, 0.717) is 23.6 Å². The summed E-state index contributed by atoms with van der Waals surface area (Å²) in [6.07, 6.45) is 1.97. The van der Waals surface area contributed by atoms with Crippen LogP contribution in [-0.4, -0.2) is 36.0 Å². The van der Waals surface area contributed by atoms with Crippen LogP contribution in [0.3, 0.4) is 0 Å². The van der Waals surface area contributed by atoms with Crippen molar-refractivity contribution < 1.29 is 18.3 Å². The Morgan fingerprint density at radius 3 is 2.55 bits per heavy atom. The van der Waals surface area contributed by atoms with E-state index in [9.17, 15) is 13.2 Å². The number of benzene rings is 1. The highest BCUT2D eigenvalue weighted by Gasteiger charge is 2.20. The summed E-state index contributed by atoms with van der Waals surface area (Å²) in [6, 6.07) is 16.2. The van der Waals surface area contributed by atoms with Crippen molar-refractivity contribution in [1.82, 2.24) is 14.7 Å². The summed E-state index contributed by atoms with van der Waals surface area (Å²) < 4.78 is 28.7. The Hall–Kier alpha value is -3.30. The number of carbonyl (C=O) groups is 1. The fourth-order valence-corrected chi connectivity index (χ4v) is 4.42. The van der Waals surface area contributed by atoms with E-state index >= 15 is 0 Å². The highest BCUT2D eigenvalue weighted by Crippen LogP contribution is 2.24. The second-order valence-electron chi connectivity index (χ2n) is 8.66. The molecule has 2 heterocycles. The van der Waals surface area contributed by atoms with Crippen LogP contribution in [-0.2, 0) is 33.2 Å². The first-order valence-corrected chi connectivity index (χ1v) is 12.0. The van der Waals surface area contributed by atoms with Gasteiger partial charge < -0.3 is 10.4 Å². The third kappa shape index (κ3) is 6.84. The molecule has 0 spiro atoms. The van der Waals surface area contributed by atoms with Crippen LogP contribution in [0.15, 0.2) is 65.7 Å². The molecule has 3 rings (SSSR count). The number of carboxylic acids is 1. The van der Waals surface area contributed by atoms with Gasteiger partial charge in [-0.15, -0.1) is 0 Å². The van der Waals surface area contributed by atoms with Gasteiger partial charge in [-0.1, -0.05) is 51.1 Å². The summed E-state index contributed by atoms with van der Waals surface area (Å²) in [5.74, 6) is -0.657. The molecule has 0 fully saturated rings. The van der Waals surface area contributed by atoms with E-state index < -0.39 is 16.0 Å². The molecule has 0 aliphatic rings. The van der Waals surface area contributed by atoms with Gasteiger partial charge in [0.1, 0.15) is 17.3 Å². The molecule has 0 bridgehead atoms. The molecule has 9 heteroatoms. The van der Waals surface area contributed by atoms with Gasteiger partial charge in [-0.25, -0.2) is 18.1 Å². The second kappa shape index (κ2) is 10.1. The Bertz CT molecular complexity index is 1240. The highest BCUT2D eigenvalue weighted by molar-refractivity contribution is 7.89. The summed E-state index contributed by atoms with van der Waals surface area (Å²) in [4.78, 5) is 19.4. The van der Waals surface area contributed by atoms with Gasteiger partial charge in [-0.3, -0.25) is 9.78 Å². The molecule has 2 aromatic heterocycles. The smallest absolute Gasteiger partial charge is 0.322 e. The van der Waals surface area contributed by atoms with Crippen molar-refractivity contribution in [3.05, 3.63) is 83.3 Å². The van der Waals surface area contributed by atoms with Crippen molar-refractivity contribution in [2.75, 3.05) is 11.9 Å². The molecule has 1 aromatic carbocycles. The zero-order chi connectivity index (χ0) is 24.1. The molecule has 0 atom stereocenters. The molecule has 0 amide bonds. The third-order valence-electron chi connectivity index (χ3n) is 4.97. The summed E-state index contributed by atoms with van der Waals surface area (Å²) in [7, 11) is -3.85. The fraction of sp³-hybridized carbons (Fsp3) is 0.292. The zero-order valence-corrected chi connectivity index (χ0v) is 19.7. The van der Waals surface area contributed by atoms with E-state index in [0.717, 1.165) is 5.56 Å². The van der Waals surface area contributed by atoms with Crippen LogP contribution >= 0.6 is 0 Å². The number of aromatic nitrogens is 2. The van der Waals surface area contributed by atoms with E-state index in [1.807, 2.05) is 12.1 Å². The van der Waals surface area contributed by atoms with Gasteiger partial charge in [0, 0.05) is 12.6 Å². The highest BCUT2D eigenvalue weighted by atomic mass is 32.2. The summed E-state index contributed by atoms with van der Waals surface area (Å²) in [5.41, 5.74) is 3.05. The van der Waals surface area contributed by atoms with Crippen molar-refractivity contribution in [2.24, 2.45) is 0 Å². The van der Waals surface area contributed by atoms with Crippen LogP contribution in [0, 0.1) is 0 Å². The third-order valence-corrected chi connectivity index (χ3v) is 6.45. The molecule has 0 aliphatic heterocycles. The van der Waals surface area contributed by atoms with Crippen LogP contribution in [0.1, 0.15) is 43.3 Å². The molecule has 3 N–H and O–H groups in total. The number of aliphatic carboxylic acids is 1. The van der Waals surface area contributed by atoms with E-state index in [1.54, 1.807) is 30.5 Å². The molecule has 8 nitrogen and oxygen atoms in total. The van der Waals surface area contributed by atoms with Crippen LogP contribution in [0.4, 0.5) is 5.82 Å². The number of anilines is 1. The van der Waals surface area contributed by atoms with E-state index in [1.165, 1.54) is 11.6 Å². The Balaban J connectivity index is 1.77.